The van der Waals surface area contributed by atoms with Gasteiger partial charge in [-0.2, -0.15) is 0 Å². The highest BCUT2D eigenvalue weighted by atomic mass is 16.3. The second-order valence-electron chi connectivity index (χ2n) is 7.45. The Bertz CT molecular complexity index is 622. The molecule has 0 unspecified atom stereocenters. The molecule has 2 aliphatic heterocycles. The van der Waals surface area contributed by atoms with Crippen molar-refractivity contribution in [2.45, 2.75) is 26.7 Å². The molecule has 3 rings (SSSR count). The average molecular weight is 362 g/mol. The van der Waals surface area contributed by atoms with Gasteiger partial charge < -0.3 is 24.4 Å². The number of carbonyl (C=O) groups excluding carboxylic acids is 2. The third-order valence-corrected chi connectivity index (χ3v) is 5.39. The topological polar surface area (TPSA) is 69.0 Å². The maximum atomic E-state index is 12.5. The summed E-state index contributed by atoms with van der Waals surface area (Å²) in [6.45, 7) is 10.2. The Morgan fingerprint density at radius 1 is 1.19 bits per heavy atom. The van der Waals surface area contributed by atoms with Crippen LogP contribution in [0.5, 0.6) is 0 Å². The fourth-order valence-electron chi connectivity index (χ4n) is 3.81. The fraction of sp³-hybridized carbons (Fsp3) is 0.684. The summed E-state index contributed by atoms with van der Waals surface area (Å²) in [5, 5.41) is 3.02. The minimum absolute atomic E-state index is 0.0180. The molecule has 0 bridgehead atoms. The van der Waals surface area contributed by atoms with Gasteiger partial charge in [0.2, 0.25) is 0 Å². The number of carbonyl (C=O) groups is 2. The monoisotopic (exact) mass is 362 g/mol. The van der Waals surface area contributed by atoms with Crippen molar-refractivity contribution in [1.29, 1.82) is 0 Å². The van der Waals surface area contributed by atoms with Crippen LogP contribution in [0, 0.1) is 12.8 Å². The normalized spacial score (nSPS) is 21.7. The molecule has 3 heterocycles. The largest absolute Gasteiger partial charge is 0.469 e. The molecule has 26 heavy (non-hydrogen) atoms. The molecule has 144 valence electrons. The number of likely N-dealkylation sites (tertiary alicyclic amines) is 1. The summed E-state index contributed by atoms with van der Waals surface area (Å²) in [5.74, 6) is 1.38. The molecule has 1 atom stereocenters. The molecule has 1 aromatic rings. The van der Waals surface area contributed by atoms with Crippen LogP contribution in [0.3, 0.4) is 0 Å². The first-order valence-corrected chi connectivity index (χ1v) is 9.63. The van der Waals surface area contributed by atoms with E-state index < -0.39 is 0 Å². The zero-order valence-corrected chi connectivity index (χ0v) is 15.9. The van der Waals surface area contributed by atoms with Crippen LogP contribution in [0.25, 0.3) is 0 Å². The van der Waals surface area contributed by atoms with E-state index >= 15 is 0 Å². The Balaban J connectivity index is 1.38. The number of urea groups is 1. The van der Waals surface area contributed by atoms with Gasteiger partial charge in [0.25, 0.3) is 5.91 Å². The van der Waals surface area contributed by atoms with Gasteiger partial charge in [0, 0.05) is 45.8 Å². The molecule has 7 nitrogen and oxygen atoms in total. The third kappa shape index (κ3) is 4.58. The molecular weight excluding hydrogens is 332 g/mol. The zero-order chi connectivity index (χ0) is 18.5. The predicted molar refractivity (Wildman–Crippen MR) is 99.2 cm³/mol. The number of aryl methyl sites for hydroxylation is 1. The summed E-state index contributed by atoms with van der Waals surface area (Å²) >= 11 is 0. The van der Waals surface area contributed by atoms with Crippen LogP contribution in [0.1, 0.15) is 35.9 Å². The maximum absolute atomic E-state index is 12.5. The summed E-state index contributed by atoms with van der Waals surface area (Å²) in [5.41, 5.74) is 0.610. The Kier molecular flexibility index (Phi) is 6.19. The smallest absolute Gasteiger partial charge is 0.317 e. The number of amides is 3. The SMILES string of the molecule is Cc1occc1C(=O)N1CCN(C(=O)NCCN2CCC[C@@H](C)C2)CC1. The van der Waals surface area contributed by atoms with E-state index in [1.165, 1.54) is 19.1 Å². The number of hydrogen-bond donors (Lipinski definition) is 1. The lowest BCUT2D eigenvalue weighted by Gasteiger charge is -2.35. The molecule has 1 aromatic heterocycles. The third-order valence-electron chi connectivity index (χ3n) is 5.39. The van der Waals surface area contributed by atoms with E-state index in [1.807, 2.05) is 0 Å². The van der Waals surface area contributed by atoms with E-state index in [2.05, 4.69) is 17.1 Å². The van der Waals surface area contributed by atoms with Crippen molar-refractivity contribution in [1.82, 2.24) is 20.0 Å². The van der Waals surface area contributed by atoms with Crippen molar-refractivity contribution in [2.75, 3.05) is 52.4 Å². The molecule has 0 aromatic carbocycles. The summed E-state index contributed by atoms with van der Waals surface area (Å²) < 4.78 is 5.21. The van der Waals surface area contributed by atoms with Crippen molar-refractivity contribution >= 4 is 11.9 Å². The molecule has 0 saturated carbocycles. The molecular formula is C19H30N4O3. The summed E-state index contributed by atoms with van der Waals surface area (Å²) in [4.78, 5) is 30.8. The van der Waals surface area contributed by atoms with Gasteiger partial charge in [0.05, 0.1) is 11.8 Å². The lowest BCUT2D eigenvalue weighted by atomic mass is 10.0. The van der Waals surface area contributed by atoms with E-state index in [0.29, 0.717) is 44.0 Å². The lowest BCUT2D eigenvalue weighted by molar-refractivity contribution is 0.0662. The van der Waals surface area contributed by atoms with Crippen LogP contribution in [0.4, 0.5) is 4.79 Å². The number of nitrogens with zero attached hydrogens (tertiary/aromatic N) is 3. The van der Waals surface area contributed by atoms with E-state index in [9.17, 15) is 9.59 Å². The quantitative estimate of drug-likeness (QED) is 0.887. The molecule has 2 aliphatic rings. The van der Waals surface area contributed by atoms with Gasteiger partial charge in [-0.15, -0.1) is 0 Å². The second-order valence-corrected chi connectivity index (χ2v) is 7.45. The highest BCUT2D eigenvalue weighted by Gasteiger charge is 2.26. The number of rotatable bonds is 4. The molecule has 3 amide bonds. The van der Waals surface area contributed by atoms with Crippen molar-refractivity contribution in [3.63, 3.8) is 0 Å². The molecule has 1 N–H and O–H groups in total. The lowest BCUT2D eigenvalue weighted by Crippen LogP contribution is -2.54. The van der Waals surface area contributed by atoms with E-state index in [0.717, 1.165) is 25.6 Å². The number of hydrogen-bond acceptors (Lipinski definition) is 4. The van der Waals surface area contributed by atoms with E-state index in [4.69, 9.17) is 4.42 Å². The van der Waals surface area contributed by atoms with Crippen LogP contribution in [0.2, 0.25) is 0 Å². The zero-order valence-electron chi connectivity index (χ0n) is 15.9. The maximum Gasteiger partial charge on any atom is 0.317 e. The molecule has 2 fully saturated rings. The van der Waals surface area contributed by atoms with E-state index in [1.54, 1.807) is 22.8 Å². The minimum atomic E-state index is -0.0263. The Morgan fingerprint density at radius 3 is 2.58 bits per heavy atom. The predicted octanol–water partition coefficient (Wildman–Crippen LogP) is 1.79. The Hall–Kier alpha value is -2.02. The number of furan rings is 1. The number of piperazine rings is 1. The second kappa shape index (κ2) is 8.58. The molecule has 2 saturated heterocycles. The summed E-state index contributed by atoms with van der Waals surface area (Å²) in [7, 11) is 0. The van der Waals surface area contributed by atoms with Gasteiger partial charge >= 0.3 is 6.03 Å². The number of piperidine rings is 1. The molecule has 0 spiro atoms. The van der Waals surface area contributed by atoms with Gasteiger partial charge in [-0.25, -0.2) is 4.79 Å². The molecule has 0 radical (unpaired) electrons. The van der Waals surface area contributed by atoms with E-state index in [-0.39, 0.29) is 11.9 Å². The first-order valence-electron chi connectivity index (χ1n) is 9.63. The van der Waals surface area contributed by atoms with Crippen LogP contribution in [-0.2, 0) is 0 Å². The van der Waals surface area contributed by atoms with Crippen LogP contribution >= 0.6 is 0 Å². The van der Waals surface area contributed by atoms with Crippen LogP contribution < -0.4 is 5.32 Å². The number of nitrogens with one attached hydrogen (secondary N) is 1. The van der Waals surface area contributed by atoms with Gasteiger partial charge in [-0.05, 0) is 38.3 Å². The van der Waals surface area contributed by atoms with Gasteiger partial charge in [-0.3, -0.25) is 4.79 Å². The van der Waals surface area contributed by atoms with Crippen molar-refractivity contribution in [3.8, 4) is 0 Å². The summed E-state index contributed by atoms with van der Waals surface area (Å²) in [6.07, 6.45) is 4.10. The molecule has 7 heteroatoms. The van der Waals surface area contributed by atoms with Gasteiger partial charge in [0.1, 0.15) is 5.76 Å². The van der Waals surface area contributed by atoms with Crippen molar-refractivity contribution in [3.05, 3.63) is 23.7 Å². The Morgan fingerprint density at radius 2 is 1.92 bits per heavy atom. The van der Waals surface area contributed by atoms with Gasteiger partial charge in [-0.1, -0.05) is 6.92 Å². The highest BCUT2D eigenvalue weighted by Crippen LogP contribution is 2.15. The standard InChI is InChI=1S/C19H30N4O3/c1-15-4-3-7-21(14-15)8-6-20-19(25)23-11-9-22(10-12-23)18(24)17-5-13-26-16(17)2/h5,13,15H,3-4,6-12,14H2,1-2H3,(H,20,25)/t15-/m1/s1. The summed E-state index contributed by atoms with van der Waals surface area (Å²) in [6, 6.07) is 1.68. The highest BCUT2D eigenvalue weighted by molar-refractivity contribution is 5.95. The first-order chi connectivity index (χ1) is 12.5. The Labute approximate surface area is 155 Å². The average Bonchev–Trinajstić information content (AvgIpc) is 3.07. The van der Waals surface area contributed by atoms with Crippen molar-refractivity contribution in [2.24, 2.45) is 5.92 Å². The van der Waals surface area contributed by atoms with Crippen molar-refractivity contribution < 1.29 is 14.0 Å². The van der Waals surface area contributed by atoms with Gasteiger partial charge in [0.15, 0.2) is 0 Å². The van der Waals surface area contributed by atoms with Crippen LogP contribution in [-0.4, -0.2) is 79.0 Å². The minimum Gasteiger partial charge on any atom is -0.469 e. The molecule has 0 aliphatic carbocycles. The fourth-order valence-corrected chi connectivity index (χ4v) is 3.81. The first kappa shape index (κ1) is 18.8. The van der Waals surface area contributed by atoms with Crippen LogP contribution in [0.15, 0.2) is 16.7 Å².